The maximum atomic E-state index is 13.4. The molecule has 0 aliphatic carbocycles. The summed E-state index contributed by atoms with van der Waals surface area (Å²) in [5.41, 5.74) is 0.472. The van der Waals surface area contributed by atoms with Gasteiger partial charge in [-0.1, -0.05) is 0 Å². The molecule has 2 aromatic heterocycles. The molecule has 1 aliphatic heterocycles. The molecule has 3 heterocycles. The molecular weight excluding hydrogens is 309 g/mol. The van der Waals surface area contributed by atoms with Crippen molar-refractivity contribution in [2.45, 2.75) is 25.4 Å². The number of anilines is 1. The Kier molecular flexibility index (Phi) is 3.68. The van der Waals surface area contributed by atoms with Crippen molar-refractivity contribution in [3.63, 3.8) is 0 Å². The summed E-state index contributed by atoms with van der Waals surface area (Å²) >= 11 is 0. The molecule has 122 valence electrons. The summed E-state index contributed by atoms with van der Waals surface area (Å²) in [6, 6.07) is 7.81. The van der Waals surface area contributed by atoms with E-state index in [9.17, 15) is 9.18 Å². The lowest BCUT2D eigenvalue weighted by Gasteiger charge is -2.26. The number of aromatic nitrogens is 4. The third kappa shape index (κ3) is 2.62. The highest BCUT2D eigenvalue weighted by Gasteiger charge is 2.28. The smallest absolute Gasteiger partial charge is 0.266 e. The van der Waals surface area contributed by atoms with Crippen LogP contribution in [0.4, 0.5) is 10.2 Å². The fourth-order valence-corrected chi connectivity index (χ4v) is 3.27. The van der Waals surface area contributed by atoms with Crippen molar-refractivity contribution < 1.29 is 4.39 Å². The Hall–Kier alpha value is -2.83. The molecule has 4 rings (SSSR count). The molecule has 0 bridgehead atoms. The summed E-state index contributed by atoms with van der Waals surface area (Å²) in [6.45, 7) is 1.35. The van der Waals surface area contributed by atoms with E-state index >= 15 is 0 Å². The number of nitrogens with zero attached hydrogens (tertiary/aromatic N) is 5. The Morgan fingerprint density at radius 1 is 1.25 bits per heavy atom. The van der Waals surface area contributed by atoms with Gasteiger partial charge in [0.2, 0.25) is 0 Å². The SMILES string of the molecule is O=c1cccnn1CC1CCCN1c1ncnc2cc(F)ccc12. The minimum atomic E-state index is -0.315. The van der Waals surface area contributed by atoms with Crippen LogP contribution in [0.15, 0.2) is 47.7 Å². The van der Waals surface area contributed by atoms with Crippen molar-refractivity contribution in [1.82, 2.24) is 19.7 Å². The van der Waals surface area contributed by atoms with Crippen molar-refractivity contribution >= 4 is 16.7 Å². The lowest BCUT2D eigenvalue weighted by Crippen LogP contribution is -2.37. The second-order valence-corrected chi connectivity index (χ2v) is 5.89. The van der Waals surface area contributed by atoms with E-state index in [1.807, 2.05) is 0 Å². The lowest BCUT2D eigenvalue weighted by atomic mass is 10.2. The highest BCUT2D eigenvalue weighted by Crippen LogP contribution is 2.30. The van der Waals surface area contributed by atoms with E-state index in [1.165, 1.54) is 29.2 Å². The van der Waals surface area contributed by atoms with Crippen LogP contribution in [-0.2, 0) is 6.54 Å². The molecule has 0 radical (unpaired) electrons. The minimum absolute atomic E-state index is 0.112. The zero-order chi connectivity index (χ0) is 16.5. The summed E-state index contributed by atoms with van der Waals surface area (Å²) < 4.78 is 14.9. The number of fused-ring (bicyclic) bond motifs is 1. The first-order valence-corrected chi connectivity index (χ1v) is 7.91. The first-order valence-electron chi connectivity index (χ1n) is 7.91. The Bertz CT molecular complexity index is 941. The molecule has 0 N–H and O–H groups in total. The normalized spacial score (nSPS) is 17.5. The van der Waals surface area contributed by atoms with E-state index in [-0.39, 0.29) is 17.4 Å². The highest BCUT2D eigenvalue weighted by atomic mass is 19.1. The second kappa shape index (κ2) is 5.99. The summed E-state index contributed by atoms with van der Waals surface area (Å²) in [4.78, 5) is 22.7. The van der Waals surface area contributed by atoms with E-state index in [1.54, 1.807) is 18.3 Å². The molecule has 0 spiro atoms. The van der Waals surface area contributed by atoms with Crippen LogP contribution in [0.2, 0.25) is 0 Å². The van der Waals surface area contributed by atoms with Gasteiger partial charge in [0.25, 0.3) is 5.56 Å². The fourth-order valence-electron chi connectivity index (χ4n) is 3.27. The molecule has 7 heteroatoms. The molecule has 3 aromatic rings. The molecule has 1 fully saturated rings. The van der Waals surface area contributed by atoms with Crippen LogP contribution in [0.5, 0.6) is 0 Å². The van der Waals surface area contributed by atoms with E-state index in [2.05, 4.69) is 20.0 Å². The first-order chi connectivity index (χ1) is 11.7. The monoisotopic (exact) mass is 325 g/mol. The molecule has 1 saturated heterocycles. The Balaban J connectivity index is 1.71. The molecular formula is C17H16FN5O. The van der Waals surface area contributed by atoms with Crippen molar-refractivity contribution in [3.8, 4) is 0 Å². The second-order valence-electron chi connectivity index (χ2n) is 5.89. The van der Waals surface area contributed by atoms with Crippen molar-refractivity contribution in [2.24, 2.45) is 0 Å². The van der Waals surface area contributed by atoms with Crippen LogP contribution < -0.4 is 10.5 Å². The average Bonchev–Trinajstić information content (AvgIpc) is 3.04. The average molecular weight is 325 g/mol. The van der Waals surface area contributed by atoms with Crippen LogP contribution >= 0.6 is 0 Å². The van der Waals surface area contributed by atoms with E-state index in [0.717, 1.165) is 30.6 Å². The van der Waals surface area contributed by atoms with E-state index < -0.39 is 0 Å². The van der Waals surface area contributed by atoms with Crippen LogP contribution in [-0.4, -0.2) is 32.3 Å². The topological polar surface area (TPSA) is 63.9 Å². The lowest BCUT2D eigenvalue weighted by molar-refractivity contribution is 0.487. The van der Waals surface area contributed by atoms with Gasteiger partial charge in [-0.05, 0) is 31.0 Å². The Morgan fingerprint density at radius 3 is 3.04 bits per heavy atom. The van der Waals surface area contributed by atoms with Gasteiger partial charge in [-0.2, -0.15) is 5.10 Å². The van der Waals surface area contributed by atoms with Crippen LogP contribution in [0.3, 0.4) is 0 Å². The Morgan fingerprint density at radius 2 is 2.17 bits per heavy atom. The van der Waals surface area contributed by atoms with Crippen molar-refractivity contribution in [2.75, 3.05) is 11.4 Å². The van der Waals surface area contributed by atoms with Crippen molar-refractivity contribution in [1.29, 1.82) is 0 Å². The largest absolute Gasteiger partial charge is 0.351 e. The minimum Gasteiger partial charge on any atom is -0.351 e. The van der Waals surface area contributed by atoms with Gasteiger partial charge in [0.1, 0.15) is 18.0 Å². The van der Waals surface area contributed by atoms with Crippen LogP contribution in [0.25, 0.3) is 10.9 Å². The molecule has 1 atom stereocenters. The number of benzene rings is 1. The number of hydrogen-bond donors (Lipinski definition) is 0. The van der Waals surface area contributed by atoms with Gasteiger partial charge in [0.15, 0.2) is 0 Å². The van der Waals surface area contributed by atoms with Gasteiger partial charge in [-0.3, -0.25) is 4.79 Å². The summed E-state index contributed by atoms with van der Waals surface area (Å²) in [5, 5.41) is 4.96. The third-order valence-electron chi connectivity index (χ3n) is 4.40. The predicted molar refractivity (Wildman–Crippen MR) is 88.4 cm³/mol. The summed E-state index contributed by atoms with van der Waals surface area (Å²) in [5.74, 6) is 0.469. The first kappa shape index (κ1) is 14.7. The molecule has 1 unspecified atom stereocenters. The summed E-state index contributed by atoms with van der Waals surface area (Å²) in [6.07, 6.45) is 5.04. The molecule has 0 saturated carbocycles. The predicted octanol–water partition coefficient (Wildman–Crippen LogP) is 1.99. The molecule has 24 heavy (non-hydrogen) atoms. The zero-order valence-corrected chi connectivity index (χ0v) is 13.0. The zero-order valence-electron chi connectivity index (χ0n) is 13.0. The standard InChI is InChI=1S/C17H16FN5O/c18-12-5-6-14-15(9-12)19-11-20-17(14)22-8-2-3-13(22)10-23-16(24)4-1-7-21-23/h1,4-7,9,11,13H,2-3,8,10H2. The maximum Gasteiger partial charge on any atom is 0.266 e. The molecule has 1 aromatic carbocycles. The maximum absolute atomic E-state index is 13.4. The van der Waals surface area contributed by atoms with Gasteiger partial charge >= 0.3 is 0 Å². The third-order valence-corrected chi connectivity index (χ3v) is 4.40. The number of rotatable bonds is 3. The Labute approximate surface area is 137 Å². The van der Waals surface area contributed by atoms with E-state index in [0.29, 0.717) is 12.1 Å². The molecule has 6 nitrogen and oxygen atoms in total. The van der Waals surface area contributed by atoms with Gasteiger partial charge in [-0.25, -0.2) is 19.0 Å². The molecule has 0 amide bonds. The van der Waals surface area contributed by atoms with Gasteiger partial charge < -0.3 is 4.90 Å². The quantitative estimate of drug-likeness (QED) is 0.737. The molecule has 1 aliphatic rings. The number of halogens is 1. The van der Waals surface area contributed by atoms with Gasteiger partial charge in [-0.15, -0.1) is 0 Å². The van der Waals surface area contributed by atoms with E-state index in [4.69, 9.17) is 0 Å². The van der Waals surface area contributed by atoms with Crippen LogP contribution in [0, 0.1) is 5.82 Å². The van der Waals surface area contributed by atoms with Crippen LogP contribution in [0.1, 0.15) is 12.8 Å². The van der Waals surface area contributed by atoms with Crippen molar-refractivity contribution in [3.05, 3.63) is 59.0 Å². The van der Waals surface area contributed by atoms with Gasteiger partial charge in [0.05, 0.1) is 18.1 Å². The summed E-state index contributed by atoms with van der Waals surface area (Å²) in [7, 11) is 0. The fraction of sp³-hybridized carbons (Fsp3) is 0.294. The van der Waals surface area contributed by atoms with Gasteiger partial charge in [0, 0.05) is 30.3 Å². The highest BCUT2D eigenvalue weighted by molar-refractivity contribution is 5.89. The number of hydrogen-bond acceptors (Lipinski definition) is 5.